The van der Waals surface area contributed by atoms with Crippen molar-refractivity contribution in [1.82, 2.24) is 9.55 Å². The summed E-state index contributed by atoms with van der Waals surface area (Å²) in [6.45, 7) is 3.38. The number of nitrogen functional groups attached to an aromatic ring is 1. The zero-order valence-electron chi connectivity index (χ0n) is 16.6. The molecule has 0 atom stereocenters. The number of anilines is 2. The van der Waals surface area contributed by atoms with Crippen molar-refractivity contribution in [3.8, 4) is 0 Å². The van der Waals surface area contributed by atoms with Gasteiger partial charge in [0.15, 0.2) is 12.3 Å². The summed E-state index contributed by atoms with van der Waals surface area (Å²) in [6, 6.07) is 8.99. The molecule has 0 saturated carbocycles. The summed E-state index contributed by atoms with van der Waals surface area (Å²) in [6.07, 6.45) is 1.62. The first-order valence-corrected chi connectivity index (χ1v) is 9.51. The first-order valence-electron chi connectivity index (χ1n) is 9.51. The number of unbranched alkanes of at least 4 members (excludes halogenated alkanes) is 1. The average Bonchev–Trinajstić information content (AvgIpc) is 2.71. The van der Waals surface area contributed by atoms with E-state index in [1.807, 2.05) is 13.0 Å². The van der Waals surface area contributed by atoms with Crippen molar-refractivity contribution in [3.05, 3.63) is 56.7 Å². The minimum Gasteiger partial charge on any atom is -0.456 e. The van der Waals surface area contributed by atoms with E-state index in [0.717, 1.165) is 16.9 Å². The van der Waals surface area contributed by atoms with Crippen LogP contribution in [0.1, 0.15) is 38.7 Å². The van der Waals surface area contributed by atoms with Gasteiger partial charge >= 0.3 is 11.7 Å². The maximum Gasteiger partial charge on any atom is 0.330 e. The summed E-state index contributed by atoms with van der Waals surface area (Å²) < 4.78 is 6.18. The fraction of sp³-hybridized carbons (Fsp3) is 0.400. The molecule has 0 aliphatic heterocycles. The van der Waals surface area contributed by atoms with Gasteiger partial charge in [0.25, 0.3) is 11.5 Å². The summed E-state index contributed by atoms with van der Waals surface area (Å²) in [4.78, 5) is 52.4. The Morgan fingerprint density at radius 1 is 1.17 bits per heavy atom. The van der Waals surface area contributed by atoms with Crippen LogP contribution in [0.4, 0.5) is 11.5 Å². The highest BCUT2D eigenvalue weighted by Crippen LogP contribution is 2.20. The van der Waals surface area contributed by atoms with E-state index in [-0.39, 0.29) is 24.5 Å². The van der Waals surface area contributed by atoms with Crippen LogP contribution in [-0.4, -0.2) is 28.0 Å². The number of H-pyrrole nitrogens is 1. The lowest BCUT2D eigenvalue weighted by molar-refractivity contribution is -0.147. The van der Waals surface area contributed by atoms with Crippen LogP contribution in [0.25, 0.3) is 0 Å². The number of ether oxygens (including phenoxy) is 1. The van der Waals surface area contributed by atoms with E-state index in [0.29, 0.717) is 13.0 Å². The molecule has 1 heterocycles. The molecule has 0 spiro atoms. The molecule has 0 aliphatic rings. The normalized spacial score (nSPS) is 10.6. The minimum atomic E-state index is -0.772. The zero-order valence-corrected chi connectivity index (χ0v) is 16.6. The van der Waals surface area contributed by atoms with Crippen LogP contribution in [0.5, 0.6) is 0 Å². The van der Waals surface area contributed by atoms with Crippen LogP contribution >= 0.6 is 0 Å². The van der Waals surface area contributed by atoms with E-state index in [4.69, 9.17) is 10.5 Å². The predicted molar refractivity (Wildman–Crippen MR) is 110 cm³/mol. The highest BCUT2D eigenvalue weighted by Gasteiger charge is 2.25. The van der Waals surface area contributed by atoms with E-state index in [1.54, 1.807) is 31.2 Å². The third-order valence-electron chi connectivity index (χ3n) is 4.35. The summed E-state index contributed by atoms with van der Waals surface area (Å²) in [5.74, 6) is -1.25. The second-order valence-corrected chi connectivity index (χ2v) is 6.48. The summed E-state index contributed by atoms with van der Waals surface area (Å²) >= 11 is 0. The Hall–Kier alpha value is -3.36. The molecule has 9 nitrogen and oxygen atoms in total. The Morgan fingerprint density at radius 3 is 2.48 bits per heavy atom. The smallest absolute Gasteiger partial charge is 0.330 e. The number of benzene rings is 1. The minimum absolute atomic E-state index is 0.0304. The van der Waals surface area contributed by atoms with Gasteiger partial charge in [-0.05, 0) is 12.0 Å². The Bertz CT molecular complexity index is 965. The van der Waals surface area contributed by atoms with Gasteiger partial charge in [-0.25, -0.2) is 4.79 Å². The largest absolute Gasteiger partial charge is 0.456 e. The molecule has 156 valence electrons. The molecule has 1 aromatic carbocycles. The monoisotopic (exact) mass is 402 g/mol. The molecule has 0 fully saturated rings. The fourth-order valence-corrected chi connectivity index (χ4v) is 2.76. The Kier molecular flexibility index (Phi) is 7.76. The molecule has 0 bridgehead atoms. The topological polar surface area (TPSA) is 127 Å². The molecule has 0 aliphatic carbocycles. The van der Waals surface area contributed by atoms with Crippen molar-refractivity contribution in [2.24, 2.45) is 0 Å². The van der Waals surface area contributed by atoms with Crippen LogP contribution in [-0.2, 0) is 27.4 Å². The van der Waals surface area contributed by atoms with Crippen LogP contribution < -0.4 is 21.9 Å². The molecule has 0 saturated heterocycles. The van der Waals surface area contributed by atoms with Gasteiger partial charge in [0.2, 0.25) is 0 Å². The standard InChI is InChI=1S/C20H26N4O5/c1-3-5-11-23-18(21)17(19(27)22-20(23)28)24(12-14-9-7-6-8-10-14)15(25)13-29-16(26)4-2/h6-10H,3-5,11-13,21H2,1-2H3,(H,22,27,28). The molecule has 1 aromatic heterocycles. The number of carbonyl (C=O) groups is 2. The van der Waals surface area contributed by atoms with Crippen molar-refractivity contribution >= 4 is 23.4 Å². The van der Waals surface area contributed by atoms with E-state index >= 15 is 0 Å². The van der Waals surface area contributed by atoms with E-state index in [2.05, 4.69) is 4.98 Å². The summed E-state index contributed by atoms with van der Waals surface area (Å²) in [5, 5.41) is 0. The number of hydrogen-bond acceptors (Lipinski definition) is 6. The number of aromatic amines is 1. The highest BCUT2D eigenvalue weighted by atomic mass is 16.5. The van der Waals surface area contributed by atoms with Crippen molar-refractivity contribution < 1.29 is 14.3 Å². The number of carbonyl (C=O) groups excluding carboxylic acids is 2. The number of rotatable bonds is 9. The fourth-order valence-electron chi connectivity index (χ4n) is 2.76. The van der Waals surface area contributed by atoms with Gasteiger partial charge in [-0.3, -0.25) is 28.8 Å². The van der Waals surface area contributed by atoms with Crippen molar-refractivity contribution in [2.75, 3.05) is 17.2 Å². The van der Waals surface area contributed by atoms with Crippen LogP contribution in [0.3, 0.4) is 0 Å². The number of amides is 1. The lowest BCUT2D eigenvalue weighted by Gasteiger charge is -2.24. The Morgan fingerprint density at radius 2 is 1.86 bits per heavy atom. The average molecular weight is 402 g/mol. The summed E-state index contributed by atoms with van der Waals surface area (Å²) in [7, 11) is 0. The van der Waals surface area contributed by atoms with Gasteiger partial charge in [-0.1, -0.05) is 50.6 Å². The van der Waals surface area contributed by atoms with Crippen molar-refractivity contribution in [3.63, 3.8) is 0 Å². The number of nitrogens with one attached hydrogen (secondary N) is 1. The first kappa shape index (κ1) is 21.9. The highest BCUT2D eigenvalue weighted by molar-refractivity contribution is 5.97. The van der Waals surface area contributed by atoms with Crippen LogP contribution in [0, 0.1) is 0 Å². The van der Waals surface area contributed by atoms with Gasteiger partial charge in [0.05, 0.1) is 6.54 Å². The second-order valence-electron chi connectivity index (χ2n) is 6.48. The quantitative estimate of drug-likeness (QED) is 0.611. The lowest BCUT2D eigenvalue weighted by atomic mass is 10.2. The third kappa shape index (κ3) is 5.56. The number of aromatic nitrogens is 2. The summed E-state index contributed by atoms with van der Waals surface area (Å²) in [5.41, 5.74) is 5.35. The molecule has 29 heavy (non-hydrogen) atoms. The van der Waals surface area contributed by atoms with Gasteiger partial charge in [0, 0.05) is 13.0 Å². The van der Waals surface area contributed by atoms with Crippen LogP contribution in [0.2, 0.25) is 0 Å². The number of esters is 1. The number of nitrogens with two attached hydrogens (primary N) is 1. The molecule has 0 radical (unpaired) electrons. The third-order valence-corrected chi connectivity index (χ3v) is 4.35. The maximum atomic E-state index is 12.8. The number of hydrogen-bond donors (Lipinski definition) is 2. The molecule has 0 unspecified atom stereocenters. The first-order chi connectivity index (χ1) is 13.9. The van der Waals surface area contributed by atoms with Gasteiger partial charge in [0.1, 0.15) is 5.82 Å². The molecular weight excluding hydrogens is 376 g/mol. The van der Waals surface area contributed by atoms with E-state index < -0.39 is 29.7 Å². The molecule has 9 heteroatoms. The van der Waals surface area contributed by atoms with Gasteiger partial charge < -0.3 is 10.5 Å². The lowest BCUT2D eigenvalue weighted by Crippen LogP contribution is -2.42. The second kappa shape index (κ2) is 10.3. The molecule has 1 amide bonds. The molecule has 2 aromatic rings. The predicted octanol–water partition coefficient (Wildman–Crippen LogP) is 1.41. The SMILES string of the molecule is CCCCn1c(N)c(N(Cc2ccccc2)C(=O)COC(=O)CC)c(=O)[nH]c1=O. The maximum absolute atomic E-state index is 12.8. The zero-order chi connectivity index (χ0) is 21.4. The number of nitrogens with zero attached hydrogens (tertiary/aromatic N) is 2. The van der Waals surface area contributed by atoms with Gasteiger partial charge in [-0.15, -0.1) is 0 Å². The van der Waals surface area contributed by atoms with Gasteiger partial charge in [-0.2, -0.15) is 0 Å². The molecule has 3 N–H and O–H groups in total. The Balaban J connectivity index is 2.49. The van der Waals surface area contributed by atoms with Crippen LogP contribution in [0.15, 0.2) is 39.9 Å². The van der Waals surface area contributed by atoms with Crippen molar-refractivity contribution in [1.29, 1.82) is 0 Å². The van der Waals surface area contributed by atoms with Crippen molar-refractivity contribution in [2.45, 2.75) is 46.2 Å². The Labute approximate surface area is 168 Å². The van der Waals surface area contributed by atoms with E-state index in [1.165, 1.54) is 4.57 Å². The van der Waals surface area contributed by atoms with E-state index in [9.17, 15) is 19.2 Å². The molecular formula is C20H26N4O5. The molecule has 2 rings (SSSR count).